The smallest absolute Gasteiger partial charge is 0.407 e. The Labute approximate surface area is 297 Å². The zero-order valence-electron chi connectivity index (χ0n) is 29.6. The summed E-state index contributed by atoms with van der Waals surface area (Å²) in [6.45, 7) is 7.89. The third-order valence-electron chi connectivity index (χ3n) is 8.89. The fraction of sp³-hybridized carbons (Fsp3) is 0.395. The van der Waals surface area contributed by atoms with E-state index in [9.17, 15) is 19.2 Å². The average Bonchev–Trinajstić information content (AvgIpc) is 3.65. The van der Waals surface area contributed by atoms with Crippen molar-refractivity contribution < 1.29 is 28.7 Å². The lowest BCUT2D eigenvalue weighted by atomic mass is 9.81. The first kappa shape index (κ1) is 36.7. The van der Waals surface area contributed by atoms with Crippen molar-refractivity contribution in [3.05, 3.63) is 83.4 Å². The predicted molar refractivity (Wildman–Crippen MR) is 192 cm³/mol. The van der Waals surface area contributed by atoms with Gasteiger partial charge in [0.2, 0.25) is 17.6 Å². The number of benzene rings is 3. The largest absolute Gasteiger partial charge is 0.465 e. The molecule has 1 saturated carbocycles. The summed E-state index contributed by atoms with van der Waals surface area (Å²) in [5, 5.41) is 22.8. The van der Waals surface area contributed by atoms with Crippen LogP contribution in [0, 0.1) is 18.8 Å². The minimum Gasteiger partial charge on any atom is -0.465 e. The normalized spacial score (nSPS) is 16.4. The van der Waals surface area contributed by atoms with E-state index in [0.717, 1.165) is 40.7 Å². The number of H-pyrrole nitrogens is 1. The van der Waals surface area contributed by atoms with Crippen molar-refractivity contribution in [1.29, 1.82) is 0 Å². The van der Waals surface area contributed by atoms with Gasteiger partial charge in [0.05, 0.1) is 12.7 Å². The van der Waals surface area contributed by atoms with E-state index in [0.29, 0.717) is 36.5 Å². The topological polar surface area (TPSA) is 177 Å². The van der Waals surface area contributed by atoms with Crippen LogP contribution in [-0.2, 0) is 25.5 Å². The quantitative estimate of drug-likeness (QED) is 0.145. The van der Waals surface area contributed by atoms with E-state index >= 15 is 0 Å². The zero-order valence-corrected chi connectivity index (χ0v) is 29.6. The predicted octanol–water partition coefficient (Wildman–Crippen LogP) is 5.63. The van der Waals surface area contributed by atoms with E-state index in [4.69, 9.17) is 9.47 Å². The fourth-order valence-electron chi connectivity index (χ4n) is 6.17. The molecule has 13 nitrogen and oxygen atoms in total. The number of nitrogens with one attached hydrogen (secondary N) is 4. The second kappa shape index (κ2) is 16.4. The van der Waals surface area contributed by atoms with Crippen LogP contribution in [0.1, 0.15) is 67.9 Å². The number of methoxy groups -OCH3 is 1. The summed E-state index contributed by atoms with van der Waals surface area (Å²) in [6.07, 6.45) is 2.69. The number of aromatic amines is 1. The van der Waals surface area contributed by atoms with Gasteiger partial charge >= 0.3 is 12.1 Å². The van der Waals surface area contributed by atoms with E-state index in [-0.39, 0.29) is 30.1 Å². The molecular formula is C38H45N7O6. The van der Waals surface area contributed by atoms with Crippen LogP contribution >= 0.6 is 0 Å². The highest BCUT2D eigenvalue weighted by Gasteiger charge is 2.30. The molecule has 0 saturated heterocycles. The van der Waals surface area contributed by atoms with Crippen LogP contribution in [-0.4, -0.2) is 69.8 Å². The second-order valence-corrected chi connectivity index (χ2v) is 13.9. The van der Waals surface area contributed by atoms with Gasteiger partial charge in [-0.05, 0) is 123 Å². The van der Waals surface area contributed by atoms with Gasteiger partial charge < -0.3 is 25.4 Å². The molecule has 0 aliphatic heterocycles. The van der Waals surface area contributed by atoms with Crippen LogP contribution in [0.15, 0.2) is 66.7 Å². The zero-order chi connectivity index (χ0) is 36.5. The van der Waals surface area contributed by atoms with E-state index in [2.05, 4.69) is 36.6 Å². The van der Waals surface area contributed by atoms with Gasteiger partial charge in [-0.2, -0.15) is 5.21 Å². The van der Waals surface area contributed by atoms with Gasteiger partial charge in [0, 0.05) is 30.1 Å². The molecule has 3 amide bonds. The molecule has 1 unspecified atom stereocenters. The molecule has 3 aromatic carbocycles. The minimum absolute atomic E-state index is 0.168. The van der Waals surface area contributed by atoms with E-state index in [1.807, 2.05) is 58.0 Å². The number of rotatable bonds is 11. The molecule has 0 bridgehead atoms. The number of esters is 1. The summed E-state index contributed by atoms with van der Waals surface area (Å²) in [5.41, 5.74) is 4.93. The van der Waals surface area contributed by atoms with Gasteiger partial charge in [-0.3, -0.25) is 9.59 Å². The van der Waals surface area contributed by atoms with Crippen LogP contribution in [0.25, 0.3) is 22.5 Å². The highest BCUT2D eigenvalue weighted by Crippen LogP contribution is 2.29. The lowest BCUT2D eigenvalue weighted by Gasteiger charge is -2.29. The molecule has 1 aromatic heterocycles. The minimum atomic E-state index is -0.840. The number of hydrogen-bond donors (Lipinski definition) is 4. The summed E-state index contributed by atoms with van der Waals surface area (Å²) >= 11 is 0. The van der Waals surface area contributed by atoms with Gasteiger partial charge in [0.1, 0.15) is 11.6 Å². The SMILES string of the molecule is COC(=O)c1ccc(-c2ccc(CC(NC(=O)C3CCC(CNC(=O)OC(C)(C)C)CC3)C(=O)Nc3ccc(-c4nn[nH]n4)cc3)cc2)c(C)c1. The van der Waals surface area contributed by atoms with E-state index in [1.165, 1.54) is 7.11 Å². The Balaban J connectivity index is 1.25. The van der Waals surface area contributed by atoms with Crippen molar-refractivity contribution in [3.63, 3.8) is 0 Å². The number of anilines is 1. The standard InChI is InChI=1S/C38H45N7O6/c1-23-20-29(36(48)50-5)16-19-31(23)26-10-6-24(7-11-26)21-32(35(47)40-30-17-14-27(15-18-30)33-42-44-45-43-33)41-34(46)28-12-8-25(9-13-28)22-39-37(49)51-38(2,3)4/h6-7,10-11,14-20,25,28,32H,8-9,12-13,21-22H2,1-5H3,(H,39,49)(H,40,47)(H,41,46)(H,42,43,44,45). The Kier molecular flexibility index (Phi) is 11.8. The van der Waals surface area contributed by atoms with Gasteiger partial charge in [0.15, 0.2) is 0 Å². The highest BCUT2D eigenvalue weighted by molar-refractivity contribution is 5.98. The monoisotopic (exact) mass is 695 g/mol. The second-order valence-electron chi connectivity index (χ2n) is 13.9. The fourth-order valence-corrected chi connectivity index (χ4v) is 6.17. The number of amides is 3. The number of carbonyl (C=O) groups excluding carboxylic acids is 4. The summed E-state index contributed by atoms with van der Waals surface area (Å²) < 4.78 is 10.2. The van der Waals surface area contributed by atoms with Crippen molar-refractivity contribution in [2.24, 2.45) is 11.8 Å². The number of aryl methyl sites for hydroxylation is 1. The van der Waals surface area contributed by atoms with Crippen LogP contribution in [0.3, 0.4) is 0 Å². The van der Waals surface area contributed by atoms with E-state index in [1.54, 1.807) is 36.4 Å². The number of nitrogens with zero attached hydrogens (tertiary/aromatic N) is 3. The Morgan fingerprint density at radius 2 is 1.61 bits per heavy atom. The summed E-state index contributed by atoms with van der Waals surface area (Å²) in [4.78, 5) is 51.4. The maximum absolute atomic E-state index is 13.7. The molecule has 1 heterocycles. The number of alkyl carbamates (subject to hydrolysis) is 1. The first-order valence-electron chi connectivity index (χ1n) is 17.1. The third kappa shape index (κ3) is 10.2. The van der Waals surface area contributed by atoms with Crippen LogP contribution in [0.2, 0.25) is 0 Å². The molecule has 268 valence electrons. The highest BCUT2D eigenvalue weighted by atomic mass is 16.6. The van der Waals surface area contributed by atoms with Crippen molar-refractivity contribution in [1.82, 2.24) is 31.3 Å². The molecule has 1 atom stereocenters. The molecule has 1 aliphatic carbocycles. The van der Waals surface area contributed by atoms with Crippen LogP contribution in [0.5, 0.6) is 0 Å². The molecule has 1 fully saturated rings. The molecule has 13 heteroatoms. The van der Waals surface area contributed by atoms with E-state index < -0.39 is 23.7 Å². The van der Waals surface area contributed by atoms with Gasteiger partial charge in [-0.25, -0.2) is 9.59 Å². The number of hydrogen-bond acceptors (Lipinski definition) is 9. The summed E-state index contributed by atoms with van der Waals surface area (Å²) in [5.74, 6) is -0.465. The summed E-state index contributed by atoms with van der Waals surface area (Å²) in [6, 6.07) is 19.5. The van der Waals surface area contributed by atoms with Crippen LogP contribution in [0.4, 0.5) is 10.5 Å². The Bertz CT molecular complexity index is 1810. The van der Waals surface area contributed by atoms with Crippen molar-refractivity contribution in [2.75, 3.05) is 19.0 Å². The Morgan fingerprint density at radius 3 is 2.22 bits per heavy atom. The summed E-state index contributed by atoms with van der Waals surface area (Å²) in [7, 11) is 1.35. The molecule has 5 rings (SSSR count). The molecule has 0 spiro atoms. The van der Waals surface area contributed by atoms with Gasteiger partial charge in [-0.1, -0.05) is 30.3 Å². The lowest BCUT2D eigenvalue weighted by molar-refractivity contribution is -0.130. The first-order chi connectivity index (χ1) is 24.4. The Morgan fingerprint density at radius 1 is 0.922 bits per heavy atom. The molecule has 4 N–H and O–H groups in total. The maximum atomic E-state index is 13.7. The first-order valence-corrected chi connectivity index (χ1v) is 17.1. The van der Waals surface area contributed by atoms with Crippen molar-refractivity contribution >= 4 is 29.6 Å². The Hall–Kier alpha value is -5.59. The molecule has 51 heavy (non-hydrogen) atoms. The van der Waals surface area contributed by atoms with Gasteiger partial charge in [0.25, 0.3) is 0 Å². The number of tetrazole rings is 1. The van der Waals surface area contributed by atoms with Crippen molar-refractivity contribution in [3.8, 4) is 22.5 Å². The molecule has 0 radical (unpaired) electrons. The molecular weight excluding hydrogens is 650 g/mol. The van der Waals surface area contributed by atoms with Crippen LogP contribution < -0.4 is 16.0 Å². The third-order valence-corrected chi connectivity index (χ3v) is 8.89. The lowest BCUT2D eigenvalue weighted by Crippen LogP contribution is -2.48. The molecule has 1 aliphatic rings. The number of ether oxygens (including phenoxy) is 2. The van der Waals surface area contributed by atoms with Crippen molar-refractivity contribution in [2.45, 2.75) is 71.4 Å². The van der Waals surface area contributed by atoms with Gasteiger partial charge in [-0.15, -0.1) is 10.2 Å². The maximum Gasteiger partial charge on any atom is 0.407 e. The number of aromatic nitrogens is 4. The molecule has 4 aromatic rings. The average molecular weight is 696 g/mol. The number of carbonyl (C=O) groups is 4.